The molecule has 0 spiro atoms. The molecular weight excluding hydrogens is 218 g/mol. The smallest absolute Gasteiger partial charge is 0.758 e. The van der Waals surface area contributed by atoms with Gasteiger partial charge in [0.15, 0.2) is 0 Å². The first kappa shape index (κ1) is 7.97. The molecule has 1 heterocycles. The third kappa shape index (κ3) is 2.32. The second-order valence-electron chi connectivity index (χ2n) is 0.959. The first-order valence-corrected chi connectivity index (χ1v) is 2.12. The van der Waals surface area contributed by atoms with Crippen LogP contribution in [0.4, 0.5) is 0 Å². The van der Waals surface area contributed by atoms with E-state index in [1.54, 1.807) is 6.07 Å². The first-order chi connectivity index (χ1) is 3.39. The normalized spacial score (nSPS) is 7.50. The number of aromatic nitrogens is 3. The summed E-state index contributed by atoms with van der Waals surface area (Å²) in [6.45, 7) is 0. The van der Waals surface area contributed by atoms with Crippen molar-refractivity contribution in [3.05, 3.63) is 12.3 Å². The standard InChI is InChI=1S/C3H3N3S.Ag/c7-3-1-2-4-6-5-3;/h1-2H,(H,4,5,7);/q;+1/p-1. The Kier molecular flexibility index (Phi) is 3.90. The summed E-state index contributed by atoms with van der Waals surface area (Å²) < 4.78 is 0. The fourth-order valence-corrected chi connectivity index (χ4v) is 0.328. The Morgan fingerprint density at radius 1 is 1.50 bits per heavy atom. The van der Waals surface area contributed by atoms with Gasteiger partial charge in [0, 0.05) is 0 Å². The molecule has 0 aliphatic rings. The monoisotopic (exact) mass is 219 g/mol. The van der Waals surface area contributed by atoms with Crippen LogP contribution in [-0.2, 0) is 35.0 Å². The van der Waals surface area contributed by atoms with Crippen molar-refractivity contribution in [2.24, 2.45) is 0 Å². The summed E-state index contributed by atoms with van der Waals surface area (Å²) >= 11 is 4.60. The molecule has 0 aliphatic heterocycles. The fraction of sp³-hybridized carbons (Fsp3) is 0. The largest absolute Gasteiger partial charge is 1.00 e. The Morgan fingerprint density at radius 2 is 2.25 bits per heavy atom. The Balaban J connectivity index is 0.000000490. The van der Waals surface area contributed by atoms with Gasteiger partial charge in [-0.05, 0) is 11.3 Å². The van der Waals surface area contributed by atoms with Gasteiger partial charge in [-0.15, -0.1) is 5.10 Å². The molecule has 0 saturated heterocycles. The van der Waals surface area contributed by atoms with Crippen molar-refractivity contribution in [3.8, 4) is 0 Å². The van der Waals surface area contributed by atoms with Crippen molar-refractivity contribution >= 4 is 12.6 Å². The van der Waals surface area contributed by atoms with E-state index in [0.29, 0.717) is 5.03 Å². The van der Waals surface area contributed by atoms with E-state index in [1.807, 2.05) is 0 Å². The fourth-order valence-electron chi connectivity index (χ4n) is 0.230. The molecule has 1 aromatic rings. The summed E-state index contributed by atoms with van der Waals surface area (Å²) in [6.07, 6.45) is 1.51. The van der Waals surface area contributed by atoms with Crippen molar-refractivity contribution in [2.75, 3.05) is 0 Å². The molecule has 0 saturated carbocycles. The molecule has 0 aromatic carbocycles. The average Bonchev–Trinajstić information content (AvgIpc) is 1.69. The van der Waals surface area contributed by atoms with E-state index in [1.165, 1.54) is 6.20 Å². The molecule has 3 nitrogen and oxygen atoms in total. The molecule has 1 rings (SSSR count). The zero-order valence-corrected chi connectivity index (χ0v) is 6.00. The van der Waals surface area contributed by atoms with Crippen molar-refractivity contribution in [1.82, 2.24) is 15.4 Å². The molecule has 8 heavy (non-hydrogen) atoms. The first-order valence-electron chi connectivity index (χ1n) is 1.71. The minimum absolute atomic E-state index is 0. The van der Waals surface area contributed by atoms with E-state index in [2.05, 4.69) is 28.0 Å². The predicted octanol–water partition coefficient (Wildman–Crippen LogP) is -0.225. The third-order valence-electron chi connectivity index (χ3n) is 0.479. The maximum absolute atomic E-state index is 4.60. The van der Waals surface area contributed by atoms with Crippen molar-refractivity contribution in [3.63, 3.8) is 0 Å². The quantitative estimate of drug-likeness (QED) is 0.447. The Bertz CT molecular complexity index is 144. The maximum Gasteiger partial charge on any atom is 1.00 e. The SMILES string of the molecule is [Ag+].[S-]c1ccnnn1. The van der Waals surface area contributed by atoms with E-state index in [9.17, 15) is 0 Å². The minimum atomic E-state index is 0. The number of hydrogen-bond donors (Lipinski definition) is 0. The van der Waals surface area contributed by atoms with Gasteiger partial charge in [0.05, 0.1) is 6.20 Å². The van der Waals surface area contributed by atoms with Crippen LogP contribution in [0.5, 0.6) is 0 Å². The third-order valence-corrected chi connectivity index (χ3v) is 0.696. The summed E-state index contributed by atoms with van der Waals surface area (Å²) in [5.41, 5.74) is 0. The molecule has 0 atom stereocenters. The molecule has 0 bridgehead atoms. The van der Waals surface area contributed by atoms with Crippen LogP contribution in [0.15, 0.2) is 17.3 Å². The van der Waals surface area contributed by atoms with Gasteiger partial charge in [-0.3, -0.25) is 0 Å². The van der Waals surface area contributed by atoms with Crippen LogP contribution in [0.1, 0.15) is 0 Å². The molecule has 0 unspecified atom stereocenters. The second kappa shape index (κ2) is 3.91. The van der Waals surface area contributed by atoms with Crippen LogP contribution in [0, 0.1) is 0 Å². The maximum atomic E-state index is 4.60. The molecule has 0 amide bonds. The van der Waals surface area contributed by atoms with E-state index in [0.717, 1.165) is 0 Å². The molecule has 0 aliphatic carbocycles. The summed E-state index contributed by atoms with van der Waals surface area (Å²) in [6, 6.07) is 1.61. The van der Waals surface area contributed by atoms with E-state index >= 15 is 0 Å². The topological polar surface area (TPSA) is 38.7 Å². The minimum Gasteiger partial charge on any atom is -0.758 e. The molecule has 1 aromatic heterocycles. The molecule has 0 N–H and O–H groups in total. The number of hydrogen-bond acceptors (Lipinski definition) is 4. The molecule has 5 heteroatoms. The van der Waals surface area contributed by atoms with Gasteiger partial charge in [0.1, 0.15) is 0 Å². The molecular formula is C3H2AgN3S. The van der Waals surface area contributed by atoms with Gasteiger partial charge >= 0.3 is 22.4 Å². The summed E-state index contributed by atoms with van der Waals surface area (Å²) in [4.78, 5) is 0. The van der Waals surface area contributed by atoms with Crippen molar-refractivity contribution in [2.45, 2.75) is 5.03 Å². The van der Waals surface area contributed by atoms with Crippen LogP contribution in [-0.4, -0.2) is 15.4 Å². The zero-order chi connectivity index (χ0) is 5.11. The Hall–Kier alpha value is -0.0297. The van der Waals surface area contributed by atoms with Gasteiger partial charge < -0.3 is 12.6 Å². The van der Waals surface area contributed by atoms with Crippen molar-refractivity contribution < 1.29 is 22.4 Å². The zero-order valence-electron chi connectivity index (χ0n) is 3.71. The van der Waals surface area contributed by atoms with Crippen LogP contribution < -0.4 is 0 Å². The molecule has 0 radical (unpaired) electrons. The van der Waals surface area contributed by atoms with Gasteiger partial charge in [-0.25, -0.2) is 0 Å². The molecule has 46 valence electrons. The Labute approximate surface area is 67.8 Å². The van der Waals surface area contributed by atoms with E-state index in [4.69, 9.17) is 0 Å². The Morgan fingerprint density at radius 3 is 2.50 bits per heavy atom. The predicted molar refractivity (Wildman–Crippen MR) is 25.5 cm³/mol. The van der Waals surface area contributed by atoms with E-state index in [-0.39, 0.29) is 22.4 Å². The second-order valence-corrected chi connectivity index (χ2v) is 1.38. The summed E-state index contributed by atoms with van der Waals surface area (Å²) in [7, 11) is 0. The van der Waals surface area contributed by atoms with Gasteiger partial charge in [0.2, 0.25) is 0 Å². The van der Waals surface area contributed by atoms with Crippen LogP contribution in [0.2, 0.25) is 0 Å². The van der Waals surface area contributed by atoms with Crippen molar-refractivity contribution in [1.29, 1.82) is 0 Å². The number of nitrogens with zero attached hydrogens (tertiary/aromatic N) is 3. The number of rotatable bonds is 0. The van der Waals surface area contributed by atoms with Crippen LogP contribution >= 0.6 is 0 Å². The summed E-state index contributed by atoms with van der Waals surface area (Å²) in [5.74, 6) is 0. The van der Waals surface area contributed by atoms with Crippen LogP contribution in [0.3, 0.4) is 0 Å². The molecule has 0 fully saturated rings. The van der Waals surface area contributed by atoms with Gasteiger partial charge in [-0.1, -0.05) is 5.03 Å². The van der Waals surface area contributed by atoms with E-state index < -0.39 is 0 Å². The average molecular weight is 220 g/mol. The van der Waals surface area contributed by atoms with Gasteiger partial charge in [-0.2, -0.15) is 5.10 Å². The van der Waals surface area contributed by atoms with Gasteiger partial charge in [0.25, 0.3) is 0 Å². The summed E-state index contributed by atoms with van der Waals surface area (Å²) in [5, 5.41) is 10.6. The van der Waals surface area contributed by atoms with Crippen LogP contribution in [0.25, 0.3) is 0 Å².